The first-order valence-electron chi connectivity index (χ1n) is 15.5. The first kappa shape index (κ1) is 24.6. The predicted molar refractivity (Wildman–Crippen MR) is 182 cm³/mol. The van der Waals surface area contributed by atoms with Gasteiger partial charge in [0.1, 0.15) is 16.8 Å². The van der Waals surface area contributed by atoms with Crippen LogP contribution in [0.15, 0.2) is 144 Å². The molecule has 2 aromatic heterocycles. The molecule has 0 radical (unpaired) electrons. The summed E-state index contributed by atoms with van der Waals surface area (Å²) >= 11 is 0. The van der Waals surface area contributed by atoms with Gasteiger partial charge in [0.05, 0.1) is 0 Å². The Labute approximate surface area is 260 Å². The van der Waals surface area contributed by atoms with E-state index in [1.165, 1.54) is 44.5 Å². The average Bonchev–Trinajstić information content (AvgIpc) is 3.64. The first-order chi connectivity index (χ1) is 22.3. The molecule has 0 amide bonds. The Kier molecular flexibility index (Phi) is 5.11. The Morgan fingerprint density at radius 2 is 1.22 bits per heavy atom. The van der Waals surface area contributed by atoms with Gasteiger partial charge in [-0.15, -0.1) is 0 Å². The minimum atomic E-state index is 0.403. The highest BCUT2D eigenvalue weighted by molar-refractivity contribution is 6.08. The number of nitrogens with zero attached hydrogens (tertiary/aromatic N) is 2. The van der Waals surface area contributed by atoms with E-state index in [0.717, 1.165) is 45.3 Å². The van der Waals surface area contributed by atoms with E-state index in [9.17, 15) is 0 Å². The largest absolute Gasteiger partial charge is 0.452 e. The van der Waals surface area contributed by atoms with Crippen LogP contribution in [-0.4, -0.2) is 9.97 Å². The lowest BCUT2D eigenvalue weighted by Gasteiger charge is -2.25. The second kappa shape index (κ2) is 9.35. The van der Waals surface area contributed by atoms with Crippen molar-refractivity contribution in [2.75, 3.05) is 0 Å². The molecule has 2 aliphatic carbocycles. The van der Waals surface area contributed by atoms with E-state index in [0.29, 0.717) is 17.3 Å². The summed E-state index contributed by atoms with van der Waals surface area (Å²) in [5.74, 6) is 1.09. The zero-order valence-corrected chi connectivity index (χ0v) is 24.4. The summed E-state index contributed by atoms with van der Waals surface area (Å²) in [5, 5.41) is 0.994. The summed E-state index contributed by atoms with van der Waals surface area (Å²) in [6.07, 6.45) is 1.05. The highest BCUT2D eigenvalue weighted by Gasteiger charge is 2.35. The van der Waals surface area contributed by atoms with Gasteiger partial charge in [0.25, 0.3) is 0 Å². The fourth-order valence-electron chi connectivity index (χ4n) is 7.56. The fourth-order valence-corrected chi connectivity index (χ4v) is 7.56. The molecule has 8 aromatic rings. The van der Waals surface area contributed by atoms with Gasteiger partial charge in [0, 0.05) is 22.4 Å². The third-order valence-corrected chi connectivity index (χ3v) is 9.63. The van der Waals surface area contributed by atoms with Crippen LogP contribution >= 0.6 is 0 Å². The van der Waals surface area contributed by atoms with Crippen LogP contribution in [0.3, 0.4) is 0 Å². The van der Waals surface area contributed by atoms with Crippen molar-refractivity contribution in [2.45, 2.75) is 12.3 Å². The molecule has 0 spiro atoms. The van der Waals surface area contributed by atoms with Crippen molar-refractivity contribution in [2.24, 2.45) is 0 Å². The molecule has 1 atom stereocenters. The molecule has 6 aromatic carbocycles. The van der Waals surface area contributed by atoms with Crippen LogP contribution in [0.25, 0.3) is 78.1 Å². The summed E-state index contributed by atoms with van der Waals surface area (Å²) in [4.78, 5) is 10.1. The minimum Gasteiger partial charge on any atom is -0.452 e. The quantitative estimate of drug-likeness (QED) is 0.211. The number of aromatic nitrogens is 2. The van der Waals surface area contributed by atoms with E-state index in [-0.39, 0.29) is 0 Å². The van der Waals surface area contributed by atoms with Crippen molar-refractivity contribution in [3.63, 3.8) is 0 Å². The van der Waals surface area contributed by atoms with Crippen LogP contribution in [0.1, 0.15) is 22.6 Å². The number of fused-ring (bicyclic) bond motifs is 8. The lowest BCUT2D eigenvalue weighted by molar-refractivity contribution is 0.667. The molecule has 0 saturated carbocycles. The summed E-state index contributed by atoms with van der Waals surface area (Å²) in [6.45, 7) is 0. The fraction of sp³-hybridized carbons (Fsp3) is 0.0476. The lowest BCUT2D eigenvalue weighted by Crippen LogP contribution is -2.09. The maximum absolute atomic E-state index is 6.49. The van der Waals surface area contributed by atoms with Crippen LogP contribution in [-0.2, 0) is 6.42 Å². The normalized spacial score (nSPS) is 14.4. The number of hydrogen-bond acceptors (Lipinski definition) is 3. The van der Waals surface area contributed by atoms with Gasteiger partial charge in [-0.1, -0.05) is 121 Å². The highest BCUT2D eigenvalue weighted by atomic mass is 16.3. The van der Waals surface area contributed by atoms with Crippen molar-refractivity contribution in [1.29, 1.82) is 0 Å². The maximum atomic E-state index is 6.49. The number of hydrogen-bond donors (Lipinski definition) is 0. The van der Waals surface area contributed by atoms with Crippen LogP contribution < -0.4 is 0 Å². The van der Waals surface area contributed by atoms with Gasteiger partial charge in [0.15, 0.2) is 11.4 Å². The zero-order chi connectivity index (χ0) is 29.5. The summed E-state index contributed by atoms with van der Waals surface area (Å²) in [7, 11) is 0. The van der Waals surface area contributed by atoms with E-state index in [4.69, 9.17) is 14.4 Å². The molecular formula is C42H26N2O. The second-order valence-electron chi connectivity index (χ2n) is 12.1. The molecule has 0 bridgehead atoms. The topological polar surface area (TPSA) is 38.9 Å². The molecule has 3 nitrogen and oxygen atoms in total. The van der Waals surface area contributed by atoms with Crippen LogP contribution in [0.2, 0.25) is 0 Å². The van der Waals surface area contributed by atoms with Gasteiger partial charge >= 0.3 is 0 Å². The Morgan fingerprint density at radius 3 is 2.07 bits per heavy atom. The third-order valence-electron chi connectivity index (χ3n) is 9.63. The van der Waals surface area contributed by atoms with E-state index < -0.39 is 0 Å². The summed E-state index contributed by atoms with van der Waals surface area (Å²) in [5.41, 5.74) is 17.3. The van der Waals surface area contributed by atoms with Crippen LogP contribution in [0.4, 0.5) is 0 Å². The molecule has 45 heavy (non-hydrogen) atoms. The molecule has 3 heteroatoms. The molecule has 0 fully saturated rings. The lowest BCUT2D eigenvalue weighted by atomic mass is 9.78. The zero-order valence-electron chi connectivity index (χ0n) is 24.4. The first-order valence-corrected chi connectivity index (χ1v) is 15.5. The summed E-state index contributed by atoms with van der Waals surface area (Å²) < 4.78 is 6.49. The van der Waals surface area contributed by atoms with Crippen molar-refractivity contribution in [1.82, 2.24) is 9.97 Å². The van der Waals surface area contributed by atoms with E-state index in [1.54, 1.807) is 0 Å². The van der Waals surface area contributed by atoms with Gasteiger partial charge < -0.3 is 4.42 Å². The molecule has 10 rings (SSSR count). The highest BCUT2D eigenvalue weighted by Crippen LogP contribution is 2.54. The average molecular weight is 575 g/mol. The van der Waals surface area contributed by atoms with Crippen LogP contribution in [0, 0.1) is 0 Å². The maximum Gasteiger partial charge on any atom is 0.180 e. The van der Waals surface area contributed by atoms with Crippen molar-refractivity contribution in [3.8, 4) is 56.0 Å². The standard InChI is InChI=1S/C42H26N2O/c1-3-10-25(11-4-1)39-41-40(44-42(43-39)26-12-5-2-6-13-26)36-23-28(19-21-37(36)45-41)27-18-20-31-34(22-27)33-17-9-16-32-30-15-8-7-14-29(30)24-35(31)38(32)33/h1-23,35H,24H2. The smallest absolute Gasteiger partial charge is 0.180 e. The second-order valence-corrected chi connectivity index (χ2v) is 12.1. The van der Waals surface area contributed by atoms with Gasteiger partial charge in [-0.3, -0.25) is 0 Å². The van der Waals surface area contributed by atoms with E-state index in [1.807, 2.05) is 36.4 Å². The molecule has 0 saturated heterocycles. The van der Waals surface area contributed by atoms with E-state index in [2.05, 4.69) is 103 Å². The molecule has 0 aliphatic heterocycles. The Morgan fingerprint density at radius 1 is 0.533 bits per heavy atom. The predicted octanol–water partition coefficient (Wildman–Crippen LogP) is 10.7. The van der Waals surface area contributed by atoms with Crippen LogP contribution in [0.5, 0.6) is 0 Å². The van der Waals surface area contributed by atoms with Gasteiger partial charge in [-0.25, -0.2) is 9.97 Å². The molecule has 1 unspecified atom stereocenters. The molecule has 0 N–H and O–H groups in total. The number of rotatable bonds is 3. The monoisotopic (exact) mass is 574 g/mol. The Hall–Kier alpha value is -5.80. The number of furan rings is 1. The van der Waals surface area contributed by atoms with Gasteiger partial charge in [-0.2, -0.15) is 0 Å². The molecule has 2 heterocycles. The number of benzene rings is 6. The van der Waals surface area contributed by atoms with Crippen molar-refractivity contribution < 1.29 is 4.42 Å². The van der Waals surface area contributed by atoms with Crippen molar-refractivity contribution in [3.05, 3.63) is 156 Å². The van der Waals surface area contributed by atoms with E-state index >= 15 is 0 Å². The van der Waals surface area contributed by atoms with Gasteiger partial charge in [-0.05, 0) is 74.7 Å². The Balaban J connectivity index is 1.15. The Bertz CT molecular complexity index is 2460. The SMILES string of the molecule is c1ccc(-c2nc(-c3ccccc3)c3oc4ccc(-c5ccc6c(c5)-c5cccc7c5C6Cc5ccccc5-7)cc4c3n2)cc1. The third kappa shape index (κ3) is 3.64. The molecular weight excluding hydrogens is 548 g/mol. The molecule has 210 valence electrons. The minimum absolute atomic E-state index is 0.403. The summed E-state index contributed by atoms with van der Waals surface area (Å²) in [6, 6.07) is 49.6. The molecule has 2 aliphatic rings. The van der Waals surface area contributed by atoms with Gasteiger partial charge in [0.2, 0.25) is 0 Å². The van der Waals surface area contributed by atoms with Crippen molar-refractivity contribution >= 4 is 22.1 Å².